The van der Waals surface area contributed by atoms with E-state index in [4.69, 9.17) is 0 Å². The van der Waals surface area contributed by atoms with Crippen LogP contribution in [-0.4, -0.2) is 57.8 Å². The second-order valence-electron chi connectivity index (χ2n) is 8.39. The van der Waals surface area contributed by atoms with E-state index in [0.29, 0.717) is 18.0 Å². The van der Waals surface area contributed by atoms with E-state index in [1.165, 1.54) is 11.3 Å². The SMILES string of the molecule is CC(=O)N(C)C1CCN(C(=O)c2cc3nccc(Nc4ccc5[nH]c(C)cc5c4)c3s2)C1. The molecule has 164 valence electrons. The fraction of sp³-hybridized carbons (Fsp3) is 0.292. The maximum absolute atomic E-state index is 13.2. The lowest BCUT2D eigenvalue weighted by atomic mass is 10.2. The molecule has 2 amide bonds. The molecule has 32 heavy (non-hydrogen) atoms. The summed E-state index contributed by atoms with van der Waals surface area (Å²) in [6, 6.07) is 12.2. The fourth-order valence-electron chi connectivity index (χ4n) is 4.31. The topological polar surface area (TPSA) is 81.3 Å². The van der Waals surface area contributed by atoms with Gasteiger partial charge in [0.05, 0.1) is 26.8 Å². The van der Waals surface area contributed by atoms with Crippen LogP contribution in [0.15, 0.2) is 42.6 Å². The number of H-pyrrole nitrogens is 1. The van der Waals surface area contributed by atoms with Crippen molar-refractivity contribution in [1.82, 2.24) is 19.8 Å². The number of likely N-dealkylation sites (N-methyl/N-ethyl adjacent to an activating group) is 1. The van der Waals surface area contributed by atoms with Gasteiger partial charge in [-0.25, -0.2) is 0 Å². The molecule has 0 bridgehead atoms. The number of amides is 2. The maximum atomic E-state index is 13.2. The fourth-order valence-corrected chi connectivity index (χ4v) is 5.36. The summed E-state index contributed by atoms with van der Waals surface area (Å²) in [6.45, 7) is 4.83. The van der Waals surface area contributed by atoms with Gasteiger partial charge in [0.2, 0.25) is 5.91 Å². The van der Waals surface area contributed by atoms with E-state index in [2.05, 4.69) is 33.5 Å². The van der Waals surface area contributed by atoms with Crippen LogP contribution in [0.1, 0.15) is 28.7 Å². The number of anilines is 2. The van der Waals surface area contributed by atoms with E-state index < -0.39 is 0 Å². The van der Waals surface area contributed by atoms with E-state index in [9.17, 15) is 9.59 Å². The number of likely N-dealkylation sites (tertiary alicyclic amines) is 1. The lowest BCUT2D eigenvalue weighted by Gasteiger charge is -2.23. The molecule has 1 unspecified atom stereocenters. The molecule has 0 spiro atoms. The van der Waals surface area contributed by atoms with Crippen molar-refractivity contribution in [3.63, 3.8) is 0 Å². The minimum absolute atomic E-state index is 0.00243. The number of nitrogens with zero attached hydrogens (tertiary/aromatic N) is 3. The summed E-state index contributed by atoms with van der Waals surface area (Å²) < 4.78 is 0.956. The predicted octanol–water partition coefficient (Wildman–Crippen LogP) is 4.52. The Morgan fingerprint density at radius 2 is 2.09 bits per heavy atom. The molecule has 4 aromatic rings. The third kappa shape index (κ3) is 3.71. The number of nitrogens with one attached hydrogen (secondary N) is 2. The first-order valence-electron chi connectivity index (χ1n) is 10.7. The Hall–Kier alpha value is -3.39. The highest BCUT2D eigenvalue weighted by molar-refractivity contribution is 7.21. The van der Waals surface area contributed by atoms with Gasteiger partial charge in [0.25, 0.3) is 5.91 Å². The number of rotatable bonds is 4. The normalized spacial score (nSPS) is 16.1. The number of aromatic amines is 1. The Kier molecular flexibility index (Phi) is 5.09. The summed E-state index contributed by atoms with van der Waals surface area (Å²) >= 11 is 1.46. The molecule has 1 saturated heterocycles. The van der Waals surface area contributed by atoms with Crippen LogP contribution in [0.5, 0.6) is 0 Å². The van der Waals surface area contributed by atoms with Gasteiger partial charge in [0, 0.05) is 55.5 Å². The number of aromatic nitrogens is 2. The lowest BCUT2D eigenvalue weighted by Crippen LogP contribution is -2.38. The minimum Gasteiger partial charge on any atom is -0.359 e. The van der Waals surface area contributed by atoms with Crippen molar-refractivity contribution in [1.29, 1.82) is 0 Å². The van der Waals surface area contributed by atoms with Crippen LogP contribution in [-0.2, 0) is 4.79 Å². The summed E-state index contributed by atoms with van der Waals surface area (Å²) in [4.78, 5) is 36.9. The molecule has 1 fully saturated rings. The van der Waals surface area contributed by atoms with Gasteiger partial charge in [-0.05, 0) is 49.7 Å². The highest BCUT2D eigenvalue weighted by atomic mass is 32.1. The van der Waals surface area contributed by atoms with E-state index in [1.807, 2.05) is 30.0 Å². The largest absolute Gasteiger partial charge is 0.359 e. The second-order valence-corrected chi connectivity index (χ2v) is 9.44. The molecule has 1 aliphatic rings. The van der Waals surface area contributed by atoms with E-state index in [-0.39, 0.29) is 17.9 Å². The highest BCUT2D eigenvalue weighted by Gasteiger charge is 2.31. The van der Waals surface area contributed by atoms with Crippen LogP contribution in [0.4, 0.5) is 11.4 Å². The van der Waals surface area contributed by atoms with E-state index in [0.717, 1.165) is 44.6 Å². The zero-order valence-electron chi connectivity index (χ0n) is 18.3. The summed E-state index contributed by atoms with van der Waals surface area (Å²) in [7, 11) is 1.80. The molecule has 0 radical (unpaired) electrons. The third-order valence-corrected chi connectivity index (χ3v) is 7.30. The average molecular weight is 448 g/mol. The molecule has 1 atom stereocenters. The van der Waals surface area contributed by atoms with Crippen LogP contribution in [0.2, 0.25) is 0 Å². The van der Waals surface area contributed by atoms with E-state index in [1.54, 1.807) is 25.1 Å². The highest BCUT2D eigenvalue weighted by Crippen LogP contribution is 2.34. The molecule has 2 N–H and O–H groups in total. The smallest absolute Gasteiger partial charge is 0.264 e. The summed E-state index contributed by atoms with van der Waals surface area (Å²) in [6.07, 6.45) is 2.57. The monoisotopic (exact) mass is 447 g/mol. The van der Waals surface area contributed by atoms with Gasteiger partial charge in [-0.1, -0.05) is 0 Å². The lowest BCUT2D eigenvalue weighted by molar-refractivity contribution is -0.129. The molecule has 4 heterocycles. The molecular formula is C24H25N5O2S. The maximum Gasteiger partial charge on any atom is 0.264 e. The number of fused-ring (bicyclic) bond motifs is 2. The summed E-state index contributed by atoms with van der Waals surface area (Å²) in [5, 5.41) is 4.64. The van der Waals surface area contributed by atoms with Gasteiger partial charge in [-0.3, -0.25) is 14.6 Å². The number of benzene rings is 1. The average Bonchev–Trinajstić information content (AvgIpc) is 3.50. The van der Waals surface area contributed by atoms with Gasteiger partial charge in [0.15, 0.2) is 0 Å². The van der Waals surface area contributed by atoms with Crippen molar-refractivity contribution >= 4 is 55.6 Å². The molecular weight excluding hydrogens is 422 g/mol. The van der Waals surface area contributed by atoms with Crippen molar-refractivity contribution in [2.45, 2.75) is 26.3 Å². The first-order valence-corrected chi connectivity index (χ1v) is 11.5. The summed E-state index contributed by atoms with van der Waals surface area (Å²) in [5.41, 5.74) is 4.96. The molecule has 8 heteroatoms. The zero-order chi connectivity index (χ0) is 22.4. The first kappa shape index (κ1) is 20.5. The van der Waals surface area contributed by atoms with Crippen LogP contribution >= 0.6 is 11.3 Å². The first-order chi connectivity index (χ1) is 15.4. The Morgan fingerprint density at radius 3 is 2.91 bits per heavy atom. The Labute approximate surface area is 190 Å². The van der Waals surface area contributed by atoms with Gasteiger partial charge in [0.1, 0.15) is 0 Å². The van der Waals surface area contributed by atoms with Crippen molar-refractivity contribution in [2.75, 3.05) is 25.5 Å². The molecule has 0 aliphatic carbocycles. The number of hydrogen-bond donors (Lipinski definition) is 2. The molecule has 0 saturated carbocycles. The molecule has 3 aromatic heterocycles. The van der Waals surface area contributed by atoms with Crippen molar-refractivity contribution < 1.29 is 9.59 Å². The van der Waals surface area contributed by atoms with Crippen LogP contribution in [0.3, 0.4) is 0 Å². The van der Waals surface area contributed by atoms with E-state index >= 15 is 0 Å². The van der Waals surface area contributed by atoms with Gasteiger partial charge < -0.3 is 20.1 Å². The van der Waals surface area contributed by atoms with Crippen molar-refractivity contribution in [3.8, 4) is 0 Å². The van der Waals surface area contributed by atoms with Gasteiger partial charge in [-0.2, -0.15) is 0 Å². The molecule has 1 aromatic carbocycles. The van der Waals surface area contributed by atoms with Gasteiger partial charge >= 0.3 is 0 Å². The van der Waals surface area contributed by atoms with Crippen LogP contribution < -0.4 is 5.32 Å². The number of pyridine rings is 1. The van der Waals surface area contributed by atoms with Crippen molar-refractivity contribution in [3.05, 3.63) is 53.2 Å². The number of hydrogen-bond acceptors (Lipinski definition) is 5. The molecule has 7 nitrogen and oxygen atoms in total. The number of aryl methyl sites for hydroxylation is 1. The second kappa shape index (κ2) is 7.94. The standard InChI is InChI=1S/C24H25N5O2S/c1-14-10-16-11-17(4-5-19(16)26-14)27-20-6-8-25-21-12-22(32-23(20)21)24(31)29-9-7-18(13-29)28(3)15(2)30/h4-6,8,10-12,18,26H,7,9,13H2,1-3H3,(H,25,27). The quantitative estimate of drug-likeness (QED) is 0.482. The van der Waals surface area contributed by atoms with Gasteiger partial charge in [-0.15, -0.1) is 11.3 Å². The molecule has 5 rings (SSSR count). The molecule has 1 aliphatic heterocycles. The van der Waals surface area contributed by atoms with Crippen LogP contribution in [0, 0.1) is 6.92 Å². The third-order valence-electron chi connectivity index (χ3n) is 6.15. The minimum atomic E-state index is 0.00243. The Balaban J connectivity index is 1.39. The number of carbonyl (C=O) groups excluding carboxylic acids is 2. The number of carbonyl (C=O) groups is 2. The predicted molar refractivity (Wildman–Crippen MR) is 129 cm³/mol. The number of thiophene rings is 1. The Bertz CT molecular complexity index is 1340. The Morgan fingerprint density at radius 1 is 1.25 bits per heavy atom. The summed E-state index contributed by atoms with van der Waals surface area (Å²) in [5.74, 6) is 0.0293. The van der Waals surface area contributed by atoms with Crippen molar-refractivity contribution in [2.24, 2.45) is 0 Å². The van der Waals surface area contributed by atoms with Crippen LogP contribution in [0.25, 0.3) is 21.1 Å². The zero-order valence-corrected chi connectivity index (χ0v) is 19.1.